The number of aliphatic hydroxyl groups is 1. The third-order valence-electron chi connectivity index (χ3n) is 15.4. The molecule has 468 valence electrons. The maximum absolute atomic E-state index is 13.0. The second-order valence-electron chi connectivity index (χ2n) is 24.5. The van der Waals surface area contributed by atoms with E-state index >= 15 is 0 Å². The summed E-state index contributed by atoms with van der Waals surface area (Å²) >= 11 is 0. The number of carbonyl (C=O) groups is 1. The number of phosphoric acid groups is 1. The summed E-state index contributed by atoms with van der Waals surface area (Å²) < 4.78 is 23.4. The van der Waals surface area contributed by atoms with E-state index in [9.17, 15) is 19.4 Å². The summed E-state index contributed by atoms with van der Waals surface area (Å²) in [6.45, 7) is 4.64. The van der Waals surface area contributed by atoms with Crippen molar-refractivity contribution in [2.24, 2.45) is 0 Å². The second kappa shape index (κ2) is 61.5. The van der Waals surface area contributed by atoms with Crippen LogP contribution in [0.25, 0.3) is 0 Å². The van der Waals surface area contributed by atoms with E-state index in [0.717, 1.165) is 57.8 Å². The van der Waals surface area contributed by atoms with Gasteiger partial charge in [0.05, 0.1) is 39.9 Å². The molecule has 0 radical (unpaired) electrons. The van der Waals surface area contributed by atoms with E-state index in [1.165, 1.54) is 244 Å². The van der Waals surface area contributed by atoms with Crippen molar-refractivity contribution in [3.05, 3.63) is 72.9 Å². The van der Waals surface area contributed by atoms with E-state index in [1.807, 2.05) is 27.2 Å². The number of nitrogens with zero attached hydrogens (tertiary/aromatic N) is 1. The molecule has 0 aromatic carbocycles. The van der Waals surface area contributed by atoms with Gasteiger partial charge in [0.2, 0.25) is 5.91 Å². The largest absolute Gasteiger partial charge is 0.756 e. The highest BCUT2D eigenvalue weighted by Crippen LogP contribution is 2.38. The number of quaternary nitrogens is 1. The highest BCUT2D eigenvalue weighted by Gasteiger charge is 2.23. The zero-order valence-electron chi connectivity index (χ0n) is 53.5. The molecule has 80 heavy (non-hydrogen) atoms. The third kappa shape index (κ3) is 63.5. The van der Waals surface area contributed by atoms with Crippen molar-refractivity contribution >= 4 is 13.7 Å². The van der Waals surface area contributed by atoms with Crippen LogP contribution in [-0.2, 0) is 18.4 Å². The molecule has 8 nitrogen and oxygen atoms in total. The van der Waals surface area contributed by atoms with Crippen molar-refractivity contribution in [1.29, 1.82) is 0 Å². The minimum atomic E-state index is -4.62. The minimum Gasteiger partial charge on any atom is -0.756 e. The van der Waals surface area contributed by atoms with Crippen LogP contribution in [0.15, 0.2) is 72.9 Å². The van der Waals surface area contributed by atoms with Crippen molar-refractivity contribution in [2.75, 3.05) is 40.9 Å². The Bertz CT molecular complexity index is 1530. The number of likely N-dealkylation sites (N-methyl/N-ethyl adjacent to an activating group) is 1. The Morgan fingerprint density at radius 1 is 0.438 bits per heavy atom. The molecule has 0 aromatic heterocycles. The number of phosphoric ester groups is 1. The molecule has 3 unspecified atom stereocenters. The molecule has 1 amide bonds. The van der Waals surface area contributed by atoms with Gasteiger partial charge in [0, 0.05) is 6.42 Å². The van der Waals surface area contributed by atoms with Crippen molar-refractivity contribution < 1.29 is 32.9 Å². The molecule has 0 bridgehead atoms. The van der Waals surface area contributed by atoms with Crippen LogP contribution in [-0.4, -0.2) is 68.5 Å². The van der Waals surface area contributed by atoms with E-state index < -0.39 is 26.6 Å². The summed E-state index contributed by atoms with van der Waals surface area (Å²) in [7, 11) is 1.24. The number of aliphatic hydroxyl groups excluding tert-OH is 1. The van der Waals surface area contributed by atoms with Crippen molar-refractivity contribution in [3.63, 3.8) is 0 Å². The summed E-state index contributed by atoms with van der Waals surface area (Å²) in [6.07, 6.45) is 86.0. The lowest BCUT2D eigenvalue weighted by Gasteiger charge is -2.29. The zero-order valence-corrected chi connectivity index (χ0v) is 54.4. The number of hydrogen-bond donors (Lipinski definition) is 2. The fraction of sp³-hybridized carbons (Fsp3) is 0.817. The fourth-order valence-corrected chi connectivity index (χ4v) is 10.7. The summed E-state index contributed by atoms with van der Waals surface area (Å²) in [5.74, 6) is -0.208. The van der Waals surface area contributed by atoms with Crippen molar-refractivity contribution in [2.45, 2.75) is 334 Å². The number of nitrogens with one attached hydrogen (secondary N) is 1. The van der Waals surface area contributed by atoms with Gasteiger partial charge < -0.3 is 28.8 Å². The maximum atomic E-state index is 13.0. The molecule has 0 saturated carbocycles. The van der Waals surface area contributed by atoms with Crippen LogP contribution < -0.4 is 10.2 Å². The van der Waals surface area contributed by atoms with Gasteiger partial charge in [-0.3, -0.25) is 9.36 Å². The molecule has 0 saturated heterocycles. The minimum absolute atomic E-state index is 0.00968. The van der Waals surface area contributed by atoms with Crippen LogP contribution in [0.1, 0.15) is 322 Å². The Labute approximate surface area is 497 Å². The quantitative estimate of drug-likeness (QED) is 0.0272. The molecule has 3 atom stereocenters. The molecule has 0 spiro atoms. The van der Waals surface area contributed by atoms with E-state index in [2.05, 4.69) is 79.9 Å². The Hall–Kier alpha value is -2.06. The summed E-state index contributed by atoms with van der Waals surface area (Å²) in [6, 6.07) is -0.913. The number of allylic oxidation sites excluding steroid dienone is 11. The molecule has 0 aromatic rings. The lowest BCUT2D eigenvalue weighted by Crippen LogP contribution is -2.45. The molecule has 0 rings (SSSR count). The Balaban J connectivity index is 4.08. The summed E-state index contributed by atoms with van der Waals surface area (Å²) in [5.41, 5.74) is 0. The SMILES string of the molecule is CCCCCCC/C=C\C/C=C\C/C=C\CCCCCCCCCCCCCCCCCCCCCCC(=O)NC(COP(=O)([O-])OCC[N+](C)(C)C)C(O)/C=C/CC/C=C/CC/C=C/CCCCCCCCCCCCCCC. The Morgan fingerprint density at radius 3 is 1.10 bits per heavy atom. The van der Waals surface area contributed by atoms with Gasteiger partial charge in [0.15, 0.2) is 0 Å². The van der Waals surface area contributed by atoms with Gasteiger partial charge in [-0.2, -0.15) is 0 Å². The first kappa shape index (κ1) is 77.9. The van der Waals surface area contributed by atoms with E-state index in [1.54, 1.807) is 6.08 Å². The van der Waals surface area contributed by atoms with Crippen molar-refractivity contribution in [3.8, 4) is 0 Å². The average molecular weight is 1140 g/mol. The van der Waals surface area contributed by atoms with Gasteiger partial charge >= 0.3 is 0 Å². The van der Waals surface area contributed by atoms with Gasteiger partial charge in [-0.25, -0.2) is 0 Å². The molecule has 2 N–H and O–H groups in total. The smallest absolute Gasteiger partial charge is 0.268 e. The van der Waals surface area contributed by atoms with Crippen LogP contribution in [0.5, 0.6) is 0 Å². The Kier molecular flexibility index (Phi) is 59.9. The van der Waals surface area contributed by atoms with Gasteiger partial charge in [-0.1, -0.05) is 305 Å². The summed E-state index contributed by atoms with van der Waals surface area (Å²) in [4.78, 5) is 25.6. The molecule has 0 fully saturated rings. The third-order valence-corrected chi connectivity index (χ3v) is 16.3. The first-order valence-corrected chi connectivity index (χ1v) is 35.8. The fourth-order valence-electron chi connectivity index (χ4n) is 10.0. The second-order valence-corrected chi connectivity index (χ2v) is 25.9. The lowest BCUT2D eigenvalue weighted by molar-refractivity contribution is -0.870. The van der Waals surface area contributed by atoms with Gasteiger partial charge in [-0.15, -0.1) is 0 Å². The van der Waals surface area contributed by atoms with Crippen LogP contribution >= 0.6 is 7.82 Å². The normalized spacial score (nSPS) is 14.1. The molecule has 9 heteroatoms. The average Bonchev–Trinajstić information content (AvgIpc) is 3.42. The van der Waals surface area contributed by atoms with Gasteiger partial charge in [0.25, 0.3) is 7.82 Å². The van der Waals surface area contributed by atoms with Crippen LogP contribution in [0.2, 0.25) is 0 Å². The molecule has 0 aliphatic carbocycles. The molecule has 0 aliphatic rings. The number of unbranched alkanes of at least 4 members (excludes halogenated alkanes) is 40. The maximum Gasteiger partial charge on any atom is 0.268 e. The number of amides is 1. The first-order valence-electron chi connectivity index (χ1n) is 34.3. The summed E-state index contributed by atoms with van der Waals surface area (Å²) in [5, 5.41) is 13.9. The van der Waals surface area contributed by atoms with Gasteiger partial charge in [-0.05, 0) is 83.5 Å². The van der Waals surface area contributed by atoms with E-state index in [-0.39, 0.29) is 12.5 Å². The van der Waals surface area contributed by atoms with Crippen LogP contribution in [0.4, 0.5) is 0 Å². The predicted octanol–water partition coefficient (Wildman–Crippen LogP) is 21.1. The molecular formula is C71H133N2O6P. The highest BCUT2D eigenvalue weighted by molar-refractivity contribution is 7.45. The standard InChI is InChI=1S/C71H133N2O6P/c1-6-8-10-12-14-16-18-20-22-24-26-28-30-31-32-33-34-35-36-37-38-39-40-41-43-45-47-49-51-53-55-57-59-61-63-65-71(75)72-69(68-79-80(76,77)78-67-66-73(3,4)5)70(74)64-62-60-58-56-54-52-50-48-46-44-42-29-27-25-23-21-19-17-15-13-11-9-7-2/h18,20,24,26,30-31,46,48,54,56,62,64,69-70,74H,6-17,19,21-23,25,27-29,32-45,47,49-53,55,57-61,63,65-68H2,1-5H3,(H-,72,75,76,77)/b20-18-,26-24-,31-30-,48-46+,56-54+,64-62+. The predicted molar refractivity (Wildman–Crippen MR) is 348 cm³/mol. The van der Waals surface area contributed by atoms with Gasteiger partial charge in [0.1, 0.15) is 13.2 Å². The van der Waals surface area contributed by atoms with Crippen LogP contribution in [0.3, 0.4) is 0 Å². The molecular weight excluding hydrogens is 1010 g/mol. The molecule has 0 heterocycles. The Morgan fingerprint density at radius 2 is 0.738 bits per heavy atom. The van der Waals surface area contributed by atoms with E-state index in [0.29, 0.717) is 17.4 Å². The van der Waals surface area contributed by atoms with E-state index in [4.69, 9.17) is 9.05 Å². The molecule has 0 aliphatic heterocycles. The van der Waals surface area contributed by atoms with Crippen molar-refractivity contribution in [1.82, 2.24) is 5.32 Å². The topological polar surface area (TPSA) is 108 Å². The first-order chi connectivity index (χ1) is 39.0. The number of carbonyl (C=O) groups excluding carboxylic acids is 1. The number of hydrogen-bond acceptors (Lipinski definition) is 6. The zero-order chi connectivity index (χ0) is 58.4. The number of rotatable bonds is 63. The highest BCUT2D eigenvalue weighted by atomic mass is 31.2. The monoisotopic (exact) mass is 1140 g/mol. The van der Waals surface area contributed by atoms with Crippen LogP contribution in [0, 0.1) is 0 Å². The lowest BCUT2D eigenvalue weighted by atomic mass is 10.0.